The van der Waals surface area contributed by atoms with Gasteiger partial charge in [0.25, 0.3) is 0 Å². The summed E-state index contributed by atoms with van der Waals surface area (Å²) in [5.74, 6) is -1.27. The molecule has 0 bridgehead atoms. The first-order valence-corrected chi connectivity index (χ1v) is 18.0. The van der Waals surface area contributed by atoms with E-state index in [0.717, 1.165) is 22.2 Å². The molecule has 1 nitrogen and oxygen atoms in total. The number of rotatable bonds is 6. The molecule has 0 saturated heterocycles. The summed E-state index contributed by atoms with van der Waals surface area (Å²) in [6.45, 7) is 1.49. The quantitative estimate of drug-likeness (QED) is 0.0631. The lowest BCUT2D eigenvalue weighted by molar-refractivity contribution is -0.109. The van der Waals surface area contributed by atoms with Crippen LogP contribution in [0.15, 0.2) is 29.2 Å². The third kappa shape index (κ3) is 7.58. The second kappa shape index (κ2) is 15.7. The summed E-state index contributed by atoms with van der Waals surface area (Å²) in [6.07, 6.45) is 3.36. The molecule has 16 heteroatoms. The molecule has 4 rings (SSSR count). The third-order valence-electron chi connectivity index (χ3n) is 6.27. The molecule has 0 saturated carbocycles. The van der Waals surface area contributed by atoms with E-state index in [1.54, 1.807) is 24.3 Å². The van der Waals surface area contributed by atoms with E-state index in [-0.39, 0.29) is 97.7 Å². The number of hydrogen-bond donors (Lipinski definition) is 0. The van der Waals surface area contributed by atoms with Crippen molar-refractivity contribution in [2.24, 2.45) is 0 Å². The summed E-state index contributed by atoms with van der Waals surface area (Å²) < 4.78 is 0. The first-order chi connectivity index (χ1) is 21.0. The van der Waals surface area contributed by atoms with Crippen molar-refractivity contribution in [3.63, 3.8) is 0 Å². The zero-order valence-corrected chi connectivity index (χ0v) is 33.0. The topological polar surface area (TPSA) is 17.1 Å². The van der Waals surface area contributed by atoms with Gasteiger partial charge in [-0.3, -0.25) is 4.79 Å². The van der Waals surface area contributed by atoms with Crippen LogP contribution in [-0.4, -0.2) is 5.12 Å². The maximum atomic E-state index is 11.4. The van der Waals surface area contributed by atoms with E-state index < -0.39 is 5.92 Å². The highest BCUT2D eigenvalue weighted by molar-refractivity contribution is 8.13. The van der Waals surface area contributed by atoms with Crippen LogP contribution < -0.4 is 0 Å². The zero-order valence-electron chi connectivity index (χ0n) is 21.6. The minimum absolute atomic E-state index is 0.00266. The Morgan fingerprint density at radius 1 is 0.489 bits per heavy atom. The molecule has 0 aliphatic rings. The van der Waals surface area contributed by atoms with Gasteiger partial charge in [0.05, 0.1) is 70.3 Å². The predicted octanol–water partition coefficient (Wildman–Crippen LogP) is 16.8. The van der Waals surface area contributed by atoms with Crippen LogP contribution in [0, 0.1) is 0 Å². The van der Waals surface area contributed by atoms with Crippen LogP contribution in [0.5, 0.6) is 0 Å². The number of benzene rings is 4. The normalized spacial score (nSPS) is 11.7. The SMILES string of the molecule is CC(=O)Sc1ccc(/C=C/c2c(Cl)c(Cl)c(C(c3c(Cl)c(Cl)c(Cl)c(Cl)c3Cl)c3c(Cl)c(Cl)c(Cl)c(Cl)c3Cl)c(Cl)c2Cl)cc1. The van der Waals surface area contributed by atoms with E-state index in [2.05, 4.69) is 0 Å². The Hall–Kier alpha value is 0.700. The van der Waals surface area contributed by atoms with Crippen LogP contribution in [0.25, 0.3) is 12.2 Å². The first-order valence-electron chi connectivity index (χ1n) is 11.9. The molecule has 45 heavy (non-hydrogen) atoms. The molecular weight excluding hydrogens is 893 g/mol. The maximum absolute atomic E-state index is 11.4. The Morgan fingerprint density at radius 3 is 1.13 bits per heavy atom. The van der Waals surface area contributed by atoms with Crippen molar-refractivity contribution in [3.8, 4) is 0 Å². The Balaban J connectivity index is 2.04. The standard InChI is InChI=1S/C29H10Cl14OS/c1-8(44)45-10-5-2-9(3-6-10)4-7-11-16(30)18(32)13(19(33)17(11)31)12(14-20(34)24(38)28(42)25(39)21(14)35)15-22(36)26(40)29(43)27(41)23(15)37/h2-7,12H,1H3/b7-4+. The zero-order chi connectivity index (χ0) is 33.7. The first kappa shape index (κ1) is 38.5. The largest absolute Gasteiger partial charge is 0.287 e. The molecule has 0 aromatic heterocycles. The van der Waals surface area contributed by atoms with Gasteiger partial charge in [-0.15, -0.1) is 0 Å². The van der Waals surface area contributed by atoms with Crippen molar-refractivity contribution in [2.75, 3.05) is 0 Å². The summed E-state index contributed by atoms with van der Waals surface area (Å²) in [6, 6.07) is 7.23. The average Bonchev–Trinajstić information content (AvgIpc) is 3.00. The van der Waals surface area contributed by atoms with E-state index in [4.69, 9.17) is 162 Å². The third-order valence-corrected chi connectivity index (χ3v) is 13.4. The summed E-state index contributed by atoms with van der Waals surface area (Å²) in [4.78, 5) is 12.2. The molecule has 0 amide bonds. The Morgan fingerprint density at radius 2 is 0.800 bits per heavy atom. The van der Waals surface area contributed by atoms with Gasteiger partial charge in [0.1, 0.15) is 0 Å². The number of carbonyl (C=O) groups excluding carboxylic acids is 1. The number of hydrogen-bond acceptors (Lipinski definition) is 2. The number of carbonyl (C=O) groups is 1. The fraction of sp³-hybridized carbons (Fsp3) is 0.0690. The van der Waals surface area contributed by atoms with Gasteiger partial charge in [0.2, 0.25) is 0 Å². The Kier molecular flexibility index (Phi) is 13.4. The predicted molar refractivity (Wildman–Crippen MR) is 202 cm³/mol. The van der Waals surface area contributed by atoms with Gasteiger partial charge in [-0.25, -0.2) is 0 Å². The van der Waals surface area contributed by atoms with Crippen LogP contribution in [0.3, 0.4) is 0 Å². The molecule has 0 spiro atoms. The molecule has 0 aliphatic heterocycles. The lowest BCUT2D eigenvalue weighted by Crippen LogP contribution is -2.11. The maximum Gasteiger partial charge on any atom is 0.190 e. The van der Waals surface area contributed by atoms with Gasteiger partial charge in [0.15, 0.2) is 5.12 Å². The number of thioether (sulfide) groups is 1. The van der Waals surface area contributed by atoms with Gasteiger partial charge >= 0.3 is 0 Å². The molecule has 0 N–H and O–H groups in total. The molecule has 0 heterocycles. The lowest BCUT2D eigenvalue weighted by Gasteiger charge is -2.28. The molecule has 4 aromatic rings. The molecule has 4 aromatic carbocycles. The molecule has 0 fully saturated rings. The van der Waals surface area contributed by atoms with Gasteiger partial charge < -0.3 is 0 Å². The molecular formula is C29H10Cl14OS. The van der Waals surface area contributed by atoms with Crippen LogP contribution in [-0.2, 0) is 4.79 Å². The minimum atomic E-state index is -1.27. The second-order valence-electron chi connectivity index (χ2n) is 8.98. The fourth-order valence-corrected chi connectivity index (χ4v) is 8.81. The highest BCUT2D eigenvalue weighted by atomic mass is 35.5. The highest BCUT2D eigenvalue weighted by Crippen LogP contribution is 2.58. The van der Waals surface area contributed by atoms with Crippen molar-refractivity contribution in [3.05, 3.63) is 122 Å². The Labute approximate surface area is 332 Å². The van der Waals surface area contributed by atoms with Crippen LogP contribution >= 0.6 is 174 Å². The molecule has 0 unspecified atom stereocenters. The van der Waals surface area contributed by atoms with E-state index in [1.165, 1.54) is 6.92 Å². The molecule has 0 radical (unpaired) electrons. The highest BCUT2D eigenvalue weighted by Gasteiger charge is 2.37. The van der Waals surface area contributed by atoms with Crippen LogP contribution in [0.1, 0.15) is 40.7 Å². The Bertz CT molecular complexity index is 1750. The summed E-state index contributed by atoms with van der Waals surface area (Å²) in [5.41, 5.74) is 1.20. The molecule has 236 valence electrons. The van der Waals surface area contributed by atoms with Crippen molar-refractivity contribution in [2.45, 2.75) is 17.7 Å². The number of halogens is 14. The van der Waals surface area contributed by atoms with Crippen LogP contribution in [0.4, 0.5) is 0 Å². The fourth-order valence-electron chi connectivity index (χ4n) is 4.24. The summed E-state index contributed by atoms with van der Waals surface area (Å²) >= 11 is 94.0. The lowest BCUT2D eigenvalue weighted by atomic mass is 9.84. The summed E-state index contributed by atoms with van der Waals surface area (Å²) in [7, 11) is 0. The molecule has 0 atom stereocenters. The van der Waals surface area contributed by atoms with E-state index >= 15 is 0 Å². The average molecular weight is 903 g/mol. The van der Waals surface area contributed by atoms with Crippen molar-refractivity contribution < 1.29 is 4.79 Å². The van der Waals surface area contributed by atoms with Crippen molar-refractivity contribution >= 4 is 191 Å². The second-order valence-corrected chi connectivity index (χ2v) is 15.5. The van der Waals surface area contributed by atoms with Crippen molar-refractivity contribution in [1.29, 1.82) is 0 Å². The van der Waals surface area contributed by atoms with Gasteiger partial charge in [-0.1, -0.05) is 198 Å². The van der Waals surface area contributed by atoms with Gasteiger partial charge in [0, 0.05) is 40.0 Å². The van der Waals surface area contributed by atoms with Gasteiger partial charge in [-0.05, 0) is 17.7 Å². The van der Waals surface area contributed by atoms with Crippen molar-refractivity contribution in [1.82, 2.24) is 0 Å². The molecule has 0 aliphatic carbocycles. The smallest absolute Gasteiger partial charge is 0.190 e. The van der Waals surface area contributed by atoms with E-state index in [1.807, 2.05) is 12.1 Å². The van der Waals surface area contributed by atoms with E-state index in [9.17, 15) is 4.79 Å². The van der Waals surface area contributed by atoms with E-state index in [0.29, 0.717) is 0 Å². The summed E-state index contributed by atoms with van der Waals surface area (Å²) in [5, 5.41) is -1.48. The minimum Gasteiger partial charge on any atom is -0.287 e. The van der Waals surface area contributed by atoms with Crippen LogP contribution in [0.2, 0.25) is 70.3 Å². The van der Waals surface area contributed by atoms with Gasteiger partial charge in [-0.2, -0.15) is 0 Å². The monoisotopic (exact) mass is 896 g/mol.